The lowest BCUT2D eigenvalue weighted by Gasteiger charge is -2.38. The highest BCUT2D eigenvalue weighted by atomic mass is 35.5. The third-order valence-corrected chi connectivity index (χ3v) is 12.7. The Balaban J connectivity index is 1.05. The van der Waals surface area contributed by atoms with Gasteiger partial charge in [-0.1, -0.05) is 35.9 Å². The van der Waals surface area contributed by atoms with Gasteiger partial charge >= 0.3 is 5.97 Å². The summed E-state index contributed by atoms with van der Waals surface area (Å²) in [6.07, 6.45) is 9.01. The quantitative estimate of drug-likeness (QED) is 0.179. The molecule has 4 aromatic rings. The van der Waals surface area contributed by atoms with E-state index in [4.69, 9.17) is 16.6 Å². The van der Waals surface area contributed by atoms with E-state index in [-0.39, 0.29) is 11.8 Å². The summed E-state index contributed by atoms with van der Waals surface area (Å²) in [7, 11) is 5.86. The number of aromatic nitrogens is 4. The number of nitrogens with zero attached hydrogens (tertiary/aromatic N) is 5. The highest BCUT2D eigenvalue weighted by molar-refractivity contribution is 6.36. The number of likely N-dealkylation sites (N-methyl/N-ethyl adjacent to an activating group) is 1. The molecule has 1 saturated carbocycles. The number of aryl methyl sites for hydroxylation is 1. The number of hydrogen-bond acceptors (Lipinski definition) is 6. The summed E-state index contributed by atoms with van der Waals surface area (Å²) in [4.78, 5) is 50.8. The Labute approximate surface area is 316 Å². The van der Waals surface area contributed by atoms with Crippen LogP contribution in [0.1, 0.15) is 101 Å². The van der Waals surface area contributed by atoms with Crippen LogP contribution in [-0.2, 0) is 44.7 Å². The smallest absolute Gasteiger partial charge is 0.309 e. The van der Waals surface area contributed by atoms with Crippen LogP contribution in [-0.4, -0.2) is 60.5 Å². The Hall–Kier alpha value is -4.48. The van der Waals surface area contributed by atoms with Gasteiger partial charge in [-0.25, -0.2) is 9.97 Å². The Morgan fingerprint density at radius 3 is 2.06 bits per heavy atom. The van der Waals surface area contributed by atoms with E-state index in [1.807, 2.05) is 67.4 Å². The molecule has 2 aliphatic carbocycles. The van der Waals surface area contributed by atoms with Gasteiger partial charge in [0.25, 0.3) is 11.8 Å². The van der Waals surface area contributed by atoms with E-state index < -0.39 is 11.4 Å². The Kier molecular flexibility index (Phi) is 10.3. The lowest BCUT2D eigenvalue weighted by Crippen LogP contribution is -2.34. The normalized spacial score (nSPS) is 21.9. The van der Waals surface area contributed by atoms with Crippen LogP contribution >= 0.6 is 11.6 Å². The van der Waals surface area contributed by atoms with E-state index in [1.54, 1.807) is 6.07 Å². The summed E-state index contributed by atoms with van der Waals surface area (Å²) in [6, 6.07) is 11.3. The summed E-state index contributed by atoms with van der Waals surface area (Å²) in [5.74, 6) is 0.564. The summed E-state index contributed by atoms with van der Waals surface area (Å²) < 4.78 is 3.83. The van der Waals surface area contributed by atoms with E-state index in [9.17, 15) is 19.5 Å². The first-order valence-corrected chi connectivity index (χ1v) is 19.2. The molecule has 0 radical (unpaired) electrons. The fourth-order valence-electron chi connectivity index (χ4n) is 8.85. The monoisotopic (exact) mass is 739 g/mol. The van der Waals surface area contributed by atoms with Gasteiger partial charge < -0.3 is 29.8 Å². The first-order chi connectivity index (χ1) is 25.3. The molecular weight excluding hydrogens is 690 g/mol. The van der Waals surface area contributed by atoms with Crippen molar-refractivity contribution in [2.75, 3.05) is 24.2 Å². The van der Waals surface area contributed by atoms with Crippen LogP contribution in [0.25, 0.3) is 11.1 Å². The molecule has 0 spiro atoms. The minimum Gasteiger partial charge on any atom is -0.481 e. The van der Waals surface area contributed by atoms with E-state index in [0.29, 0.717) is 39.9 Å². The van der Waals surface area contributed by atoms with Crippen LogP contribution in [0.2, 0.25) is 5.02 Å². The van der Waals surface area contributed by atoms with Gasteiger partial charge in [-0.3, -0.25) is 14.4 Å². The number of benzene rings is 2. The highest BCUT2D eigenvalue weighted by Crippen LogP contribution is 2.44. The minimum absolute atomic E-state index is 0.270. The maximum absolute atomic E-state index is 13.8. The molecule has 7 rings (SSSR count). The molecule has 1 atom stereocenters. The van der Waals surface area contributed by atoms with Crippen LogP contribution in [0.3, 0.4) is 0 Å². The molecule has 12 heteroatoms. The van der Waals surface area contributed by atoms with Gasteiger partial charge in [0, 0.05) is 56.2 Å². The predicted molar refractivity (Wildman–Crippen MR) is 206 cm³/mol. The fraction of sp³-hybridized carbons (Fsp3) is 0.488. The predicted octanol–water partition coefficient (Wildman–Crippen LogP) is 7.44. The molecule has 11 nitrogen and oxygen atoms in total. The van der Waals surface area contributed by atoms with Gasteiger partial charge in [0.2, 0.25) is 0 Å². The highest BCUT2D eigenvalue weighted by Gasteiger charge is 2.39. The molecular formula is C41H50ClN7O4. The topological polar surface area (TPSA) is 134 Å². The zero-order valence-corrected chi connectivity index (χ0v) is 32.1. The van der Waals surface area contributed by atoms with E-state index >= 15 is 0 Å². The number of halogens is 1. The molecule has 3 aliphatic rings. The molecule has 2 amide bonds. The van der Waals surface area contributed by atoms with Crippen molar-refractivity contribution in [3.63, 3.8) is 0 Å². The van der Waals surface area contributed by atoms with Crippen molar-refractivity contribution in [1.29, 1.82) is 0 Å². The molecule has 0 saturated heterocycles. The number of nitrogens with one attached hydrogen (secondary N) is 2. The fourth-order valence-corrected chi connectivity index (χ4v) is 9.13. The minimum atomic E-state index is -0.676. The lowest BCUT2D eigenvalue weighted by atomic mass is 9.66. The molecule has 3 heterocycles. The van der Waals surface area contributed by atoms with Crippen molar-refractivity contribution >= 4 is 40.8 Å². The van der Waals surface area contributed by atoms with Crippen molar-refractivity contribution in [2.45, 2.75) is 84.6 Å². The molecule has 280 valence electrons. The summed E-state index contributed by atoms with van der Waals surface area (Å²) in [6.45, 7) is 5.48. The maximum atomic E-state index is 13.8. The zero-order chi connectivity index (χ0) is 37.6. The SMILES string of the molecule is Cc1c(NC(=O)c2nc3c(n2C)CCN(C)C3)cccc1-c1cccc(NC(=O)c2nc3c(n2C)CCC(C2CCC(C)(C(=O)O)CC2)CCC3)c1Cl. The number of anilines is 2. The third kappa shape index (κ3) is 7.13. The van der Waals surface area contributed by atoms with Crippen LogP contribution in [0.4, 0.5) is 11.4 Å². The van der Waals surface area contributed by atoms with Crippen molar-refractivity contribution < 1.29 is 19.5 Å². The van der Waals surface area contributed by atoms with Crippen LogP contribution in [0, 0.1) is 24.2 Å². The summed E-state index contributed by atoms with van der Waals surface area (Å²) >= 11 is 7.02. The second-order valence-corrected chi connectivity index (χ2v) is 16.1. The average Bonchev–Trinajstić information content (AvgIpc) is 3.61. The van der Waals surface area contributed by atoms with Crippen molar-refractivity contribution in [1.82, 2.24) is 24.0 Å². The van der Waals surface area contributed by atoms with Crippen LogP contribution < -0.4 is 10.6 Å². The van der Waals surface area contributed by atoms with Gasteiger partial charge in [0.1, 0.15) is 0 Å². The molecule has 3 N–H and O–H groups in total. The number of fused-ring (bicyclic) bond motifs is 2. The number of amides is 2. The number of carboxylic acids is 1. The Morgan fingerprint density at radius 1 is 0.792 bits per heavy atom. The average molecular weight is 740 g/mol. The molecule has 53 heavy (non-hydrogen) atoms. The summed E-state index contributed by atoms with van der Waals surface area (Å²) in [5.41, 5.74) is 7.06. The number of rotatable bonds is 7. The molecule has 2 aromatic carbocycles. The molecule has 0 bridgehead atoms. The molecule has 2 aromatic heterocycles. The van der Waals surface area contributed by atoms with Crippen LogP contribution in [0.5, 0.6) is 0 Å². The number of imidazole rings is 2. The second kappa shape index (κ2) is 14.7. The van der Waals surface area contributed by atoms with Crippen LogP contribution in [0.15, 0.2) is 36.4 Å². The molecule has 1 aliphatic heterocycles. The first-order valence-electron chi connectivity index (χ1n) is 18.9. The van der Waals surface area contributed by atoms with Gasteiger partial charge in [-0.15, -0.1) is 0 Å². The van der Waals surface area contributed by atoms with Gasteiger partial charge in [0.15, 0.2) is 11.6 Å². The summed E-state index contributed by atoms with van der Waals surface area (Å²) in [5, 5.41) is 16.2. The number of carbonyl (C=O) groups is 3. The van der Waals surface area contributed by atoms with Gasteiger partial charge in [0.05, 0.1) is 27.5 Å². The van der Waals surface area contributed by atoms with E-state index in [2.05, 4.69) is 27.6 Å². The van der Waals surface area contributed by atoms with Crippen molar-refractivity contribution in [3.05, 3.63) is 81.4 Å². The number of aliphatic carboxylic acids is 1. The zero-order valence-electron chi connectivity index (χ0n) is 31.4. The number of hydrogen-bond donors (Lipinski definition) is 3. The van der Waals surface area contributed by atoms with Crippen molar-refractivity contribution in [3.8, 4) is 11.1 Å². The van der Waals surface area contributed by atoms with E-state index in [1.165, 1.54) is 0 Å². The van der Waals surface area contributed by atoms with Gasteiger partial charge in [-0.05, 0) is 114 Å². The second-order valence-electron chi connectivity index (χ2n) is 15.7. The van der Waals surface area contributed by atoms with E-state index in [0.717, 1.165) is 117 Å². The van der Waals surface area contributed by atoms with Gasteiger partial charge in [-0.2, -0.15) is 0 Å². The Morgan fingerprint density at radius 2 is 1.38 bits per heavy atom. The number of carbonyl (C=O) groups excluding carboxylic acids is 2. The van der Waals surface area contributed by atoms with Crippen molar-refractivity contribution in [2.24, 2.45) is 31.3 Å². The standard InChI is InChI=1S/C41H50ClN7O4/c1-24-27(10-7-12-29(24)45-38(50)37-44-32-23-47(3)22-19-34(32)49(37)5)28-11-8-14-31(35(28)42)46-39(51)36-43-30-13-6-9-25(15-16-33(30)48(36)4)26-17-20-41(2,21-18-26)40(52)53/h7-8,10-12,14,25-26H,6,9,13,15-23H2,1-5H3,(H,45,50)(H,46,51)(H,52,53). The third-order valence-electron chi connectivity index (χ3n) is 12.3. The number of carboxylic acid groups (broad SMARTS) is 1. The lowest BCUT2D eigenvalue weighted by molar-refractivity contribution is -0.150. The Bertz CT molecular complexity index is 2080. The maximum Gasteiger partial charge on any atom is 0.309 e. The molecule has 1 unspecified atom stereocenters. The first kappa shape index (κ1) is 36.9. The largest absolute Gasteiger partial charge is 0.481 e. The molecule has 1 fully saturated rings.